The molecule has 7 heteroatoms. The second-order valence-corrected chi connectivity index (χ2v) is 8.11. The average molecular weight is 413 g/mol. The first-order valence-electron chi connectivity index (χ1n) is 8.70. The monoisotopic (exact) mass is 412 g/mol. The van der Waals surface area contributed by atoms with Gasteiger partial charge in [-0.15, -0.1) is 11.8 Å². The minimum atomic E-state index is -0.121. The second-order valence-electron chi connectivity index (χ2n) is 5.94. The first-order valence-corrected chi connectivity index (χ1v) is 10.5. The summed E-state index contributed by atoms with van der Waals surface area (Å²) in [5.41, 5.74) is 1.47. The van der Waals surface area contributed by atoms with E-state index in [9.17, 15) is 9.59 Å². The molecule has 1 amide bonds. The van der Waals surface area contributed by atoms with Gasteiger partial charge in [0.05, 0.1) is 17.7 Å². The van der Waals surface area contributed by atoms with Crippen LogP contribution in [0.2, 0.25) is 0 Å². The molecule has 2 aromatic carbocycles. The number of thiazole rings is 1. The van der Waals surface area contributed by atoms with Crippen LogP contribution in [0.3, 0.4) is 0 Å². The fourth-order valence-corrected chi connectivity index (χ4v) is 4.27. The van der Waals surface area contributed by atoms with Crippen molar-refractivity contribution in [2.24, 2.45) is 0 Å². The van der Waals surface area contributed by atoms with Gasteiger partial charge in [0.25, 0.3) is 0 Å². The molecular weight excluding hydrogens is 392 g/mol. The third-order valence-corrected chi connectivity index (χ3v) is 5.98. The molecule has 0 unspecified atom stereocenters. The number of anilines is 1. The smallest absolute Gasteiger partial charge is 0.226 e. The number of nitrogens with zero attached hydrogens (tertiary/aromatic N) is 1. The predicted molar refractivity (Wildman–Crippen MR) is 115 cm³/mol. The first kappa shape index (κ1) is 20.1. The Morgan fingerprint density at radius 3 is 2.46 bits per heavy atom. The SMILES string of the molecule is COc1ccc(SCCC(=O)Nc2nc(-c3ccccc3)c(C(C)=O)s2)cc1. The molecule has 28 heavy (non-hydrogen) atoms. The number of ketones is 1. The van der Waals surface area contributed by atoms with Crippen molar-refractivity contribution in [3.63, 3.8) is 0 Å². The molecular formula is C21H20N2O3S2. The molecule has 3 aromatic rings. The zero-order valence-electron chi connectivity index (χ0n) is 15.6. The minimum absolute atomic E-state index is 0.0630. The number of rotatable bonds is 8. The van der Waals surface area contributed by atoms with Gasteiger partial charge in [-0.25, -0.2) is 4.98 Å². The number of ether oxygens (including phenoxy) is 1. The standard InChI is InChI=1S/C21H20N2O3S2/c1-14(24)20-19(15-6-4-3-5-7-15)23-21(28-20)22-18(25)12-13-27-17-10-8-16(26-2)9-11-17/h3-11H,12-13H2,1-2H3,(H,22,23,25). The van der Waals surface area contributed by atoms with Gasteiger partial charge < -0.3 is 10.1 Å². The van der Waals surface area contributed by atoms with Gasteiger partial charge in [-0.05, 0) is 24.3 Å². The number of nitrogens with one attached hydrogen (secondary N) is 1. The van der Waals surface area contributed by atoms with Crippen LogP contribution >= 0.6 is 23.1 Å². The summed E-state index contributed by atoms with van der Waals surface area (Å²) >= 11 is 2.81. The number of carbonyl (C=O) groups is 2. The Kier molecular flexibility index (Phi) is 6.84. The molecule has 1 N–H and O–H groups in total. The van der Waals surface area contributed by atoms with E-state index in [2.05, 4.69) is 10.3 Å². The van der Waals surface area contributed by atoms with Crippen LogP contribution in [0.25, 0.3) is 11.3 Å². The lowest BCUT2D eigenvalue weighted by Gasteiger charge is -2.04. The summed E-state index contributed by atoms with van der Waals surface area (Å²) in [7, 11) is 1.63. The van der Waals surface area contributed by atoms with Gasteiger partial charge in [0.1, 0.15) is 5.75 Å². The van der Waals surface area contributed by atoms with E-state index < -0.39 is 0 Å². The van der Waals surface area contributed by atoms with Crippen molar-refractivity contribution in [1.82, 2.24) is 4.98 Å². The highest BCUT2D eigenvalue weighted by Crippen LogP contribution is 2.31. The molecule has 1 aromatic heterocycles. The van der Waals surface area contributed by atoms with Crippen LogP contribution in [0.1, 0.15) is 23.0 Å². The second kappa shape index (κ2) is 9.52. The Labute approximate surface area is 172 Å². The molecule has 0 bridgehead atoms. The van der Waals surface area contributed by atoms with Gasteiger partial charge >= 0.3 is 0 Å². The summed E-state index contributed by atoms with van der Waals surface area (Å²) in [6, 6.07) is 17.2. The number of carbonyl (C=O) groups excluding carboxylic acids is 2. The maximum Gasteiger partial charge on any atom is 0.226 e. The minimum Gasteiger partial charge on any atom is -0.497 e. The summed E-state index contributed by atoms with van der Waals surface area (Å²) in [5.74, 6) is 1.27. The van der Waals surface area contributed by atoms with Gasteiger partial charge in [0.15, 0.2) is 10.9 Å². The topological polar surface area (TPSA) is 68.3 Å². The van der Waals surface area contributed by atoms with E-state index in [0.29, 0.717) is 27.9 Å². The summed E-state index contributed by atoms with van der Waals surface area (Å²) in [6.45, 7) is 1.51. The maximum absolute atomic E-state index is 12.3. The Bertz CT molecular complexity index is 954. The first-order chi connectivity index (χ1) is 13.6. The molecule has 0 radical (unpaired) electrons. The van der Waals surface area contributed by atoms with Crippen LogP contribution < -0.4 is 10.1 Å². The molecule has 0 saturated carbocycles. The number of hydrogen-bond acceptors (Lipinski definition) is 6. The highest BCUT2D eigenvalue weighted by molar-refractivity contribution is 7.99. The third kappa shape index (κ3) is 5.21. The molecule has 0 spiro atoms. The van der Waals surface area contributed by atoms with Crippen molar-refractivity contribution in [2.45, 2.75) is 18.2 Å². The van der Waals surface area contributed by atoms with Gasteiger partial charge in [-0.2, -0.15) is 0 Å². The molecule has 5 nitrogen and oxygen atoms in total. The molecule has 144 valence electrons. The molecule has 0 aliphatic carbocycles. The van der Waals surface area contributed by atoms with Crippen LogP contribution in [0.5, 0.6) is 5.75 Å². The number of Topliss-reactive ketones (excluding diaryl/α,β-unsaturated/α-hetero) is 1. The van der Waals surface area contributed by atoms with Crippen molar-refractivity contribution >= 4 is 39.9 Å². The lowest BCUT2D eigenvalue weighted by molar-refractivity contribution is -0.115. The van der Waals surface area contributed by atoms with E-state index in [1.807, 2.05) is 54.6 Å². The number of aromatic nitrogens is 1. The molecule has 0 fully saturated rings. The van der Waals surface area contributed by atoms with Gasteiger partial charge in [-0.1, -0.05) is 41.7 Å². The normalized spacial score (nSPS) is 10.5. The van der Waals surface area contributed by atoms with Crippen LogP contribution in [0.15, 0.2) is 59.5 Å². The predicted octanol–water partition coefficient (Wildman–Crippen LogP) is 5.14. The Morgan fingerprint density at radius 1 is 1.11 bits per heavy atom. The third-order valence-electron chi connectivity index (χ3n) is 3.90. The Morgan fingerprint density at radius 2 is 1.82 bits per heavy atom. The zero-order valence-corrected chi connectivity index (χ0v) is 17.2. The fraction of sp³-hybridized carbons (Fsp3) is 0.190. The van der Waals surface area contributed by atoms with E-state index >= 15 is 0 Å². The van der Waals surface area contributed by atoms with Crippen LogP contribution in [0.4, 0.5) is 5.13 Å². The molecule has 0 aliphatic rings. The van der Waals surface area contributed by atoms with Crippen LogP contribution in [0, 0.1) is 0 Å². The van der Waals surface area contributed by atoms with Gasteiger partial charge in [0, 0.05) is 29.6 Å². The van der Waals surface area contributed by atoms with E-state index in [1.54, 1.807) is 18.9 Å². The number of methoxy groups -OCH3 is 1. The van der Waals surface area contributed by atoms with E-state index in [4.69, 9.17) is 4.74 Å². The Balaban J connectivity index is 1.60. The van der Waals surface area contributed by atoms with E-state index in [0.717, 1.165) is 16.2 Å². The zero-order chi connectivity index (χ0) is 19.9. The largest absolute Gasteiger partial charge is 0.497 e. The van der Waals surface area contributed by atoms with Crippen molar-refractivity contribution in [1.29, 1.82) is 0 Å². The summed E-state index contributed by atoms with van der Waals surface area (Å²) in [6.07, 6.45) is 0.354. The highest BCUT2D eigenvalue weighted by Gasteiger charge is 2.17. The van der Waals surface area contributed by atoms with Crippen molar-refractivity contribution in [3.05, 3.63) is 59.5 Å². The lowest BCUT2D eigenvalue weighted by Crippen LogP contribution is -2.11. The maximum atomic E-state index is 12.3. The Hall–Kier alpha value is -2.64. The number of thioether (sulfide) groups is 1. The summed E-state index contributed by atoms with van der Waals surface area (Å²) in [4.78, 5) is 30.3. The molecule has 0 saturated heterocycles. The number of benzene rings is 2. The van der Waals surface area contributed by atoms with Gasteiger partial charge in [0.2, 0.25) is 5.91 Å². The van der Waals surface area contributed by atoms with Gasteiger partial charge in [-0.3, -0.25) is 9.59 Å². The fourth-order valence-electron chi connectivity index (χ4n) is 2.52. The van der Waals surface area contributed by atoms with Crippen molar-refractivity contribution < 1.29 is 14.3 Å². The highest BCUT2D eigenvalue weighted by atomic mass is 32.2. The number of hydrogen-bond donors (Lipinski definition) is 1. The molecule has 3 rings (SSSR count). The molecule has 0 atom stereocenters. The lowest BCUT2D eigenvalue weighted by atomic mass is 10.1. The summed E-state index contributed by atoms with van der Waals surface area (Å²) < 4.78 is 5.14. The van der Waals surface area contributed by atoms with Crippen molar-refractivity contribution in [2.75, 3.05) is 18.2 Å². The average Bonchev–Trinajstić information content (AvgIpc) is 3.13. The number of amides is 1. The van der Waals surface area contributed by atoms with Crippen molar-refractivity contribution in [3.8, 4) is 17.0 Å². The summed E-state index contributed by atoms with van der Waals surface area (Å²) in [5, 5.41) is 3.26. The van der Waals surface area contributed by atoms with E-state index in [-0.39, 0.29) is 11.7 Å². The quantitative estimate of drug-likeness (QED) is 0.410. The van der Waals surface area contributed by atoms with E-state index in [1.165, 1.54) is 18.3 Å². The molecule has 1 heterocycles. The van der Waals surface area contributed by atoms with Crippen LogP contribution in [-0.2, 0) is 4.79 Å². The van der Waals surface area contributed by atoms with Crippen LogP contribution in [-0.4, -0.2) is 29.5 Å². The molecule has 0 aliphatic heterocycles.